The van der Waals surface area contributed by atoms with Crippen molar-refractivity contribution in [2.45, 2.75) is 138 Å². The van der Waals surface area contributed by atoms with Crippen molar-refractivity contribution in [3.05, 3.63) is 31.5 Å². The average molecular weight is 895 g/mol. The maximum Gasteiger partial charge on any atom is 0.336 e. The van der Waals surface area contributed by atoms with Crippen molar-refractivity contribution in [1.82, 2.24) is 29.7 Å². The van der Waals surface area contributed by atoms with E-state index in [1.54, 1.807) is 20.8 Å². The molecule has 1 rings (SSSR count). The minimum Gasteiger partial charge on any atom is -0.465 e. The lowest BCUT2D eigenvalue weighted by molar-refractivity contribution is -0.157. The van der Waals surface area contributed by atoms with Gasteiger partial charge in [-0.2, -0.15) is 0 Å². The van der Waals surface area contributed by atoms with E-state index in [4.69, 9.17) is 14.2 Å². The van der Waals surface area contributed by atoms with Gasteiger partial charge in [0.1, 0.15) is 0 Å². The number of rotatable bonds is 33. The third kappa shape index (κ3) is 19.0. The van der Waals surface area contributed by atoms with Gasteiger partial charge in [-0.25, -0.2) is 28.1 Å². The van der Waals surface area contributed by atoms with E-state index in [0.717, 1.165) is 34.5 Å². The van der Waals surface area contributed by atoms with Gasteiger partial charge in [0.25, 0.3) is 0 Å². The van der Waals surface area contributed by atoms with Crippen molar-refractivity contribution >= 4 is 53.0 Å². The van der Waals surface area contributed by atoms with Crippen LogP contribution in [0.25, 0.3) is 0 Å². The molecular formula is C42H66N6O15. The zero-order valence-electron chi connectivity index (χ0n) is 37.5. The van der Waals surface area contributed by atoms with E-state index in [9.17, 15) is 57.5 Å². The van der Waals surface area contributed by atoms with Gasteiger partial charge >= 0.3 is 35.0 Å². The number of carbonyl (C=O) groups is 9. The van der Waals surface area contributed by atoms with Crippen molar-refractivity contribution in [2.24, 2.45) is 17.8 Å². The second-order valence-electron chi connectivity index (χ2n) is 14.8. The summed E-state index contributed by atoms with van der Waals surface area (Å²) in [5.74, 6) is -11.6. The lowest BCUT2D eigenvalue weighted by Crippen LogP contribution is -2.54. The Morgan fingerprint density at radius 2 is 0.619 bits per heavy atom. The fraction of sp³-hybridized carbons (Fsp3) is 0.714. The van der Waals surface area contributed by atoms with Crippen LogP contribution in [0, 0.1) is 17.8 Å². The van der Waals surface area contributed by atoms with Crippen LogP contribution in [0.3, 0.4) is 0 Å². The predicted molar refractivity (Wildman–Crippen MR) is 226 cm³/mol. The average Bonchev–Trinajstić information content (AvgIpc) is 3.20. The van der Waals surface area contributed by atoms with Gasteiger partial charge in [-0.15, -0.1) is 0 Å². The molecule has 3 amide bonds. The Balaban J connectivity index is 2.93. The van der Waals surface area contributed by atoms with Gasteiger partial charge < -0.3 is 30.2 Å². The topological polar surface area (TPSA) is 283 Å². The number of amides is 3. The molecule has 0 saturated carbocycles. The molecular weight excluding hydrogens is 828 g/mol. The molecule has 3 unspecified atom stereocenters. The SMILES string of the molecule is CCOC(=O)C(C(C)=O)C(=O)NCCCCCCn1c(=O)n(CCCCCCNC(=O)C(C(C)=O)C(=O)OCC)c(=O)n(CCCCCCNC(=O)C(C(C)=O)C(=O)OCC)c1=O. The first kappa shape index (κ1) is 55.3. The number of nitrogens with zero attached hydrogens (tertiary/aromatic N) is 3. The van der Waals surface area contributed by atoms with Gasteiger partial charge in [0, 0.05) is 39.3 Å². The van der Waals surface area contributed by atoms with E-state index in [1.807, 2.05) is 0 Å². The summed E-state index contributed by atoms with van der Waals surface area (Å²) >= 11 is 0. The number of unbranched alkanes of at least 4 members (excludes halogenated alkanes) is 9. The summed E-state index contributed by atoms with van der Waals surface area (Å²) in [6.07, 6.45) is 5.96. The first-order valence-electron chi connectivity index (χ1n) is 21.7. The van der Waals surface area contributed by atoms with Crippen LogP contribution < -0.4 is 33.0 Å². The van der Waals surface area contributed by atoms with Crippen LogP contribution in [0.15, 0.2) is 14.4 Å². The van der Waals surface area contributed by atoms with Gasteiger partial charge in [-0.3, -0.25) is 43.2 Å². The number of carbonyl (C=O) groups excluding carboxylic acids is 9. The molecule has 3 atom stereocenters. The number of ether oxygens (including phenoxy) is 3. The van der Waals surface area contributed by atoms with Crippen LogP contribution in [0.2, 0.25) is 0 Å². The highest BCUT2D eigenvalue weighted by molar-refractivity contribution is 6.17. The highest BCUT2D eigenvalue weighted by Crippen LogP contribution is 2.08. The Kier molecular flexibility index (Phi) is 26.6. The van der Waals surface area contributed by atoms with Crippen LogP contribution >= 0.6 is 0 Å². The summed E-state index contributed by atoms with van der Waals surface area (Å²) in [6.45, 7) is 8.71. The van der Waals surface area contributed by atoms with E-state index in [-0.39, 0.29) is 59.1 Å². The number of hydrogen-bond donors (Lipinski definition) is 3. The van der Waals surface area contributed by atoms with E-state index in [0.29, 0.717) is 77.0 Å². The van der Waals surface area contributed by atoms with E-state index < -0.39 is 87.8 Å². The lowest BCUT2D eigenvalue weighted by atomic mass is 10.0. The molecule has 0 radical (unpaired) electrons. The van der Waals surface area contributed by atoms with Crippen molar-refractivity contribution in [1.29, 1.82) is 0 Å². The fourth-order valence-electron chi connectivity index (χ4n) is 6.49. The van der Waals surface area contributed by atoms with Crippen LogP contribution in [0.1, 0.15) is 119 Å². The zero-order valence-corrected chi connectivity index (χ0v) is 37.5. The number of nitrogens with one attached hydrogen (secondary N) is 3. The van der Waals surface area contributed by atoms with Gasteiger partial charge in [0.15, 0.2) is 35.1 Å². The summed E-state index contributed by atoms with van der Waals surface area (Å²) in [7, 11) is 0. The summed E-state index contributed by atoms with van der Waals surface area (Å²) in [6, 6.07) is 0. The Morgan fingerprint density at radius 1 is 0.397 bits per heavy atom. The minimum absolute atomic E-state index is 0.0130. The van der Waals surface area contributed by atoms with Gasteiger partial charge in [-0.05, 0) is 80.1 Å². The molecule has 0 bridgehead atoms. The number of Topliss-reactive ketones (excluding diaryl/α,β-unsaturated/α-hetero) is 3. The Hall–Kier alpha value is -5.76. The number of hydrogen-bond acceptors (Lipinski definition) is 15. The number of esters is 3. The molecule has 0 aliphatic rings. The smallest absolute Gasteiger partial charge is 0.336 e. The highest BCUT2D eigenvalue weighted by atomic mass is 16.5. The molecule has 0 fully saturated rings. The third-order valence-corrected chi connectivity index (χ3v) is 9.78. The molecule has 21 heteroatoms. The quantitative estimate of drug-likeness (QED) is 0.0375. The summed E-state index contributed by atoms with van der Waals surface area (Å²) in [4.78, 5) is 149. The highest BCUT2D eigenvalue weighted by Gasteiger charge is 2.34. The molecule has 354 valence electrons. The van der Waals surface area contributed by atoms with Gasteiger partial charge in [0.2, 0.25) is 17.7 Å². The second-order valence-corrected chi connectivity index (χ2v) is 14.8. The van der Waals surface area contributed by atoms with Crippen LogP contribution in [0.4, 0.5) is 0 Å². The van der Waals surface area contributed by atoms with E-state index in [1.165, 1.54) is 0 Å². The largest absolute Gasteiger partial charge is 0.465 e. The van der Waals surface area contributed by atoms with Gasteiger partial charge in [0.05, 0.1) is 19.8 Å². The molecule has 63 heavy (non-hydrogen) atoms. The molecule has 0 spiro atoms. The van der Waals surface area contributed by atoms with E-state index >= 15 is 0 Å². The molecule has 1 aromatic heterocycles. The van der Waals surface area contributed by atoms with Crippen molar-refractivity contribution in [3.63, 3.8) is 0 Å². The molecule has 0 saturated heterocycles. The van der Waals surface area contributed by atoms with Crippen molar-refractivity contribution in [2.75, 3.05) is 39.5 Å². The van der Waals surface area contributed by atoms with Crippen LogP contribution in [-0.2, 0) is 77.0 Å². The molecule has 0 aliphatic heterocycles. The predicted octanol–water partition coefficient (Wildman–Crippen LogP) is 0.506. The van der Waals surface area contributed by atoms with E-state index in [2.05, 4.69) is 16.0 Å². The van der Waals surface area contributed by atoms with Crippen LogP contribution in [0.5, 0.6) is 0 Å². The summed E-state index contributed by atoms with van der Waals surface area (Å²) in [5, 5.41) is 7.69. The first-order chi connectivity index (χ1) is 30.0. The Bertz CT molecular complexity index is 1670. The lowest BCUT2D eigenvalue weighted by Gasteiger charge is -2.15. The summed E-state index contributed by atoms with van der Waals surface area (Å²) in [5.41, 5.74) is -2.27. The number of ketones is 3. The molecule has 21 nitrogen and oxygen atoms in total. The maximum atomic E-state index is 13.6. The Morgan fingerprint density at radius 3 is 0.825 bits per heavy atom. The Labute approximate surface area is 366 Å². The fourth-order valence-corrected chi connectivity index (χ4v) is 6.49. The number of aromatic nitrogens is 3. The normalized spacial score (nSPS) is 12.3. The first-order valence-corrected chi connectivity index (χ1v) is 21.7. The van der Waals surface area contributed by atoms with Crippen molar-refractivity contribution in [3.8, 4) is 0 Å². The van der Waals surface area contributed by atoms with Crippen LogP contribution in [-0.4, -0.2) is 106 Å². The summed E-state index contributed by atoms with van der Waals surface area (Å²) < 4.78 is 17.5. The zero-order chi connectivity index (χ0) is 47.5. The monoisotopic (exact) mass is 894 g/mol. The minimum atomic E-state index is -1.55. The second kappa shape index (κ2) is 30.3. The third-order valence-electron chi connectivity index (χ3n) is 9.78. The standard InChI is InChI=1S/C42H66N6O15/c1-7-61-37(55)31(28(4)49)34(52)43-22-16-10-13-19-25-46-40(58)47(26-20-14-11-17-23-44-35(53)32(29(5)50)38(56)62-8-2)42(60)48(41(46)59)27-21-15-12-18-24-45-36(54)33(30(6)51)39(57)63-9-3/h31-33H,7-27H2,1-6H3,(H,43,52)(H,44,53)(H,45,54). The molecule has 0 aliphatic carbocycles. The molecule has 1 heterocycles. The maximum absolute atomic E-state index is 13.6. The molecule has 3 N–H and O–H groups in total. The van der Waals surface area contributed by atoms with Crippen molar-refractivity contribution < 1.29 is 57.4 Å². The van der Waals surface area contributed by atoms with Gasteiger partial charge in [-0.1, -0.05) is 38.5 Å². The molecule has 0 aromatic carbocycles. The molecule has 1 aromatic rings.